The Balaban J connectivity index is 0.00000261. The van der Waals surface area contributed by atoms with Gasteiger partial charge in [0.25, 0.3) is 0 Å². The first-order chi connectivity index (χ1) is 12.8. The summed E-state index contributed by atoms with van der Waals surface area (Å²) in [5.41, 5.74) is 1.09. The van der Waals surface area contributed by atoms with Gasteiger partial charge in [0.15, 0.2) is 5.96 Å². The van der Waals surface area contributed by atoms with E-state index in [1.165, 1.54) is 0 Å². The minimum absolute atomic E-state index is 0. The van der Waals surface area contributed by atoms with E-state index in [0.717, 1.165) is 43.3 Å². The van der Waals surface area contributed by atoms with Crippen LogP contribution < -0.4 is 5.32 Å². The third-order valence-electron chi connectivity index (χ3n) is 4.25. The van der Waals surface area contributed by atoms with E-state index in [2.05, 4.69) is 20.3 Å². The summed E-state index contributed by atoms with van der Waals surface area (Å²) < 4.78 is 18.3. The summed E-state index contributed by atoms with van der Waals surface area (Å²) in [6.45, 7) is 4.17. The molecular weight excluding hydrogens is 461 g/mol. The Morgan fingerprint density at radius 2 is 2.37 bits per heavy atom. The number of nitrogens with one attached hydrogen (secondary N) is 1. The van der Waals surface area contributed by atoms with E-state index >= 15 is 0 Å². The lowest BCUT2D eigenvalue weighted by Crippen LogP contribution is -2.48. The molecule has 9 heteroatoms. The summed E-state index contributed by atoms with van der Waals surface area (Å²) in [6, 6.07) is 3.89. The molecule has 1 fully saturated rings. The van der Waals surface area contributed by atoms with Crippen molar-refractivity contribution >= 4 is 29.9 Å². The fourth-order valence-corrected chi connectivity index (χ4v) is 2.91. The third kappa shape index (κ3) is 6.51. The number of furan rings is 1. The summed E-state index contributed by atoms with van der Waals surface area (Å²) in [6.07, 6.45) is 6.37. The van der Waals surface area contributed by atoms with Gasteiger partial charge in [-0.3, -0.25) is 9.67 Å². The maximum Gasteiger partial charge on any atom is 0.194 e. The summed E-state index contributed by atoms with van der Waals surface area (Å²) >= 11 is 0. The summed E-state index contributed by atoms with van der Waals surface area (Å²) in [5.74, 6) is 1.84. The maximum atomic E-state index is 5.93. The Kier molecular flexibility index (Phi) is 9.08. The quantitative estimate of drug-likeness (QED) is 0.277. The molecule has 0 bridgehead atoms. The van der Waals surface area contributed by atoms with Gasteiger partial charge in [0.2, 0.25) is 0 Å². The molecule has 150 valence electrons. The molecule has 27 heavy (non-hydrogen) atoms. The van der Waals surface area contributed by atoms with Crippen LogP contribution in [0.1, 0.15) is 17.4 Å². The number of nitrogens with zero attached hydrogens (tertiary/aromatic N) is 4. The second-order valence-corrected chi connectivity index (χ2v) is 6.21. The lowest BCUT2D eigenvalue weighted by molar-refractivity contribution is -0.00809. The first-order valence-electron chi connectivity index (χ1n) is 8.91. The predicted octanol–water partition coefficient (Wildman–Crippen LogP) is 1.84. The lowest BCUT2D eigenvalue weighted by atomic mass is 10.1. The van der Waals surface area contributed by atoms with Crippen LogP contribution in [-0.4, -0.2) is 67.1 Å². The van der Waals surface area contributed by atoms with E-state index in [-0.39, 0.29) is 30.1 Å². The molecule has 1 saturated heterocycles. The highest BCUT2D eigenvalue weighted by Crippen LogP contribution is 2.21. The predicted molar refractivity (Wildman–Crippen MR) is 113 cm³/mol. The van der Waals surface area contributed by atoms with Crippen molar-refractivity contribution in [1.82, 2.24) is 20.0 Å². The second-order valence-electron chi connectivity index (χ2n) is 6.21. The maximum absolute atomic E-state index is 5.93. The smallest absolute Gasteiger partial charge is 0.194 e. The van der Waals surface area contributed by atoms with Crippen molar-refractivity contribution in [3.63, 3.8) is 0 Å². The minimum atomic E-state index is -0.00283. The van der Waals surface area contributed by atoms with E-state index in [9.17, 15) is 0 Å². The summed E-state index contributed by atoms with van der Waals surface area (Å²) in [4.78, 5) is 6.92. The molecule has 1 aliphatic rings. The van der Waals surface area contributed by atoms with Crippen molar-refractivity contribution < 1.29 is 13.9 Å². The molecule has 1 aliphatic heterocycles. The number of halogens is 1. The molecule has 0 aliphatic carbocycles. The normalized spacial score (nSPS) is 17.6. The van der Waals surface area contributed by atoms with Gasteiger partial charge in [-0.15, -0.1) is 24.0 Å². The Bertz CT molecular complexity index is 689. The Morgan fingerprint density at radius 1 is 1.48 bits per heavy atom. The number of ether oxygens (including phenoxy) is 2. The molecule has 0 aromatic carbocycles. The number of rotatable bonds is 7. The average Bonchev–Trinajstić information content (AvgIpc) is 3.32. The molecule has 0 amide bonds. The highest BCUT2D eigenvalue weighted by atomic mass is 127. The van der Waals surface area contributed by atoms with Crippen LogP contribution in [-0.2, 0) is 22.9 Å². The van der Waals surface area contributed by atoms with Crippen LogP contribution in [0.4, 0.5) is 0 Å². The Morgan fingerprint density at radius 3 is 3.07 bits per heavy atom. The van der Waals surface area contributed by atoms with E-state index in [4.69, 9.17) is 13.9 Å². The van der Waals surface area contributed by atoms with Gasteiger partial charge in [-0.2, -0.15) is 5.10 Å². The van der Waals surface area contributed by atoms with Crippen molar-refractivity contribution in [2.45, 2.75) is 12.5 Å². The third-order valence-corrected chi connectivity index (χ3v) is 4.25. The van der Waals surface area contributed by atoms with Gasteiger partial charge < -0.3 is 24.1 Å². The number of aliphatic imine (C=N–C) groups is 1. The first-order valence-corrected chi connectivity index (χ1v) is 8.91. The molecule has 3 heterocycles. The Labute approximate surface area is 176 Å². The van der Waals surface area contributed by atoms with E-state index in [0.29, 0.717) is 19.8 Å². The molecule has 2 aromatic rings. The molecular formula is C18H28IN5O3. The van der Waals surface area contributed by atoms with Crippen molar-refractivity contribution in [3.05, 3.63) is 42.1 Å². The molecule has 8 nitrogen and oxygen atoms in total. The minimum Gasteiger partial charge on any atom is -0.469 e. The molecule has 0 spiro atoms. The van der Waals surface area contributed by atoms with E-state index in [1.807, 2.05) is 31.6 Å². The molecule has 2 aromatic heterocycles. The average molecular weight is 489 g/mol. The van der Waals surface area contributed by atoms with Crippen molar-refractivity contribution in [2.75, 3.05) is 46.5 Å². The zero-order chi connectivity index (χ0) is 18.2. The van der Waals surface area contributed by atoms with Gasteiger partial charge >= 0.3 is 0 Å². The van der Waals surface area contributed by atoms with E-state index < -0.39 is 0 Å². The highest BCUT2D eigenvalue weighted by Gasteiger charge is 2.25. The molecule has 3 rings (SSSR count). The molecule has 1 atom stereocenters. The van der Waals surface area contributed by atoms with Crippen LogP contribution in [0.5, 0.6) is 0 Å². The summed E-state index contributed by atoms with van der Waals surface area (Å²) in [7, 11) is 3.60. The summed E-state index contributed by atoms with van der Waals surface area (Å²) in [5, 5.41) is 7.69. The van der Waals surface area contributed by atoms with Crippen LogP contribution in [0, 0.1) is 0 Å². The zero-order valence-corrected chi connectivity index (χ0v) is 18.2. The topological polar surface area (TPSA) is 77.1 Å². The van der Waals surface area contributed by atoms with E-state index in [1.54, 1.807) is 18.1 Å². The number of morpholine rings is 1. The number of hydrogen-bond donors (Lipinski definition) is 1. The zero-order valence-electron chi connectivity index (χ0n) is 15.8. The highest BCUT2D eigenvalue weighted by molar-refractivity contribution is 14.0. The van der Waals surface area contributed by atoms with Gasteiger partial charge in [-0.05, 0) is 12.1 Å². The standard InChI is InChI=1S/C18H27N5O3.HI/c1-22-13-15(12-21-22)17-14-23(8-11-26-17)18(20-7-10-24-2)19-6-5-16-4-3-9-25-16;/h3-4,9,12-13,17H,5-8,10-11,14H2,1-2H3,(H,19,20);1H. The number of methoxy groups -OCH3 is 1. The van der Waals surface area contributed by atoms with Crippen LogP contribution in [0.25, 0.3) is 0 Å². The number of aromatic nitrogens is 2. The van der Waals surface area contributed by atoms with Crippen molar-refractivity contribution in [2.24, 2.45) is 12.0 Å². The van der Waals surface area contributed by atoms with Gasteiger partial charge in [0, 0.05) is 45.4 Å². The van der Waals surface area contributed by atoms with Gasteiger partial charge in [-0.25, -0.2) is 0 Å². The monoisotopic (exact) mass is 489 g/mol. The van der Waals surface area contributed by atoms with Crippen molar-refractivity contribution in [3.8, 4) is 0 Å². The molecule has 0 saturated carbocycles. The van der Waals surface area contributed by atoms with Crippen LogP contribution >= 0.6 is 24.0 Å². The number of hydrogen-bond acceptors (Lipinski definition) is 5. The fraction of sp³-hybridized carbons (Fsp3) is 0.556. The lowest BCUT2D eigenvalue weighted by Gasteiger charge is -2.35. The first kappa shape index (κ1) is 21.7. The number of aryl methyl sites for hydroxylation is 1. The fourth-order valence-electron chi connectivity index (χ4n) is 2.91. The number of guanidine groups is 1. The van der Waals surface area contributed by atoms with Crippen LogP contribution in [0.2, 0.25) is 0 Å². The van der Waals surface area contributed by atoms with Crippen molar-refractivity contribution in [1.29, 1.82) is 0 Å². The van der Waals surface area contributed by atoms with Crippen LogP contribution in [0.15, 0.2) is 40.2 Å². The second kappa shape index (κ2) is 11.3. The van der Waals surface area contributed by atoms with Gasteiger partial charge in [-0.1, -0.05) is 0 Å². The largest absolute Gasteiger partial charge is 0.469 e. The van der Waals surface area contributed by atoms with Gasteiger partial charge in [0.1, 0.15) is 11.9 Å². The molecule has 1 unspecified atom stereocenters. The van der Waals surface area contributed by atoms with Gasteiger partial charge in [0.05, 0.1) is 38.8 Å². The Hall–Kier alpha value is -1.59. The molecule has 1 N–H and O–H groups in total. The molecule has 0 radical (unpaired) electrons. The van der Waals surface area contributed by atoms with Crippen LogP contribution in [0.3, 0.4) is 0 Å². The SMILES string of the molecule is COCCN=C(NCCc1ccco1)N1CCOC(c2cnn(C)c2)C1.I.